The van der Waals surface area contributed by atoms with Gasteiger partial charge in [0.15, 0.2) is 0 Å². The van der Waals surface area contributed by atoms with E-state index in [1.165, 1.54) is 11.2 Å². The van der Waals surface area contributed by atoms with Crippen molar-refractivity contribution in [3.05, 3.63) is 12.1 Å². The molecule has 1 unspecified atom stereocenters. The van der Waals surface area contributed by atoms with Gasteiger partial charge in [-0.05, 0) is 0 Å². The van der Waals surface area contributed by atoms with E-state index in [0.29, 0.717) is 0 Å². The molecule has 2 heterocycles. The average molecular weight is 157 g/mol. The second-order valence-corrected chi connectivity index (χ2v) is 2.14. The molecule has 0 fully saturated rings. The summed E-state index contributed by atoms with van der Waals surface area (Å²) in [5.41, 5.74) is 5.41. The Hall–Kier alpha value is -1.47. The van der Waals surface area contributed by atoms with Crippen molar-refractivity contribution >= 4 is 6.02 Å². The third-order valence-corrected chi connectivity index (χ3v) is 1.44. The number of nitrogens with two attached hydrogens (primary N) is 2. The molecular weight excluding hydrogens is 150 g/mol. The fourth-order valence-corrected chi connectivity index (χ4v) is 0.910. The van der Waals surface area contributed by atoms with E-state index in [-0.39, 0.29) is 11.8 Å². The second-order valence-electron chi connectivity index (χ2n) is 2.14. The summed E-state index contributed by atoms with van der Waals surface area (Å²) >= 11 is 0. The lowest BCUT2D eigenvalue weighted by Crippen LogP contribution is -2.44. The lowest BCUT2D eigenvalue weighted by atomic mass is 10.7. The first kappa shape index (κ1) is 6.25. The summed E-state index contributed by atoms with van der Waals surface area (Å²) in [6.07, 6.45) is 0.221. The molecule has 11 heavy (non-hydrogen) atoms. The highest BCUT2D eigenvalue weighted by atomic mass is 16.5. The lowest BCUT2D eigenvalue weighted by Gasteiger charge is -2.19. The van der Waals surface area contributed by atoms with Crippen molar-refractivity contribution in [1.82, 2.24) is 10.0 Å². The molecule has 7 nitrogen and oxygen atoms in total. The predicted molar refractivity (Wildman–Crippen MR) is 34.7 cm³/mol. The average Bonchev–Trinajstić information content (AvgIpc) is 2.41. The molecule has 0 aromatic rings. The molecule has 1 atom stereocenters. The van der Waals surface area contributed by atoms with Crippen molar-refractivity contribution < 1.29 is 9.84 Å². The molecule has 0 saturated carbocycles. The van der Waals surface area contributed by atoms with Crippen LogP contribution in [0.15, 0.2) is 17.2 Å². The molecule has 0 aromatic heterocycles. The summed E-state index contributed by atoms with van der Waals surface area (Å²) < 4.78 is 4.84. The summed E-state index contributed by atoms with van der Waals surface area (Å²) in [6.45, 7) is 0. The standard InChI is InChI=1S/C4H7N5O2/c5-2-1-11-3-7-9(6)4(10)8(2)3/h1,4,10H,5-6H2. The largest absolute Gasteiger partial charge is 0.428 e. The first-order chi connectivity index (χ1) is 5.20. The van der Waals surface area contributed by atoms with Crippen molar-refractivity contribution in [2.24, 2.45) is 16.7 Å². The Morgan fingerprint density at radius 2 is 2.45 bits per heavy atom. The van der Waals surface area contributed by atoms with Crippen LogP contribution in [0.4, 0.5) is 0 Å². The number of hydrazine groups is 1. The van der Waals surface area contributed by atoms with Crippen LogP contribution in [0.2, 0.25) is 0 Å². The molecule has 2 aliphatic rings. The van der Waals surface area contributed by atoms with Crippen LogP contribution in [0.25, 0.3) is 0 Å². The smallest absolute Gasteiger partial charge is 0.325 e. The molecule has 0 bridgehead atoms. The number of hydrogen-bond acceptors (Lipinski definition) is 7. The number of hydrazone groups is 1. The number of aliphatic hydroxyl groups excluding tert-OH is 1. The summed E-state index contributed by atoms with van der Waals surface area (Å²) in [6, 6.07) is 0.192. The Kier molecular flexibility index (Phi) is 1.01. The normalized spacial score (nSPS) is 28.0. The number of rotatable bonds is 0. The van der Waals surface area contributed by atoms with E-state index in [1.807, 2.05) is 0 Å². The molecular formula is C4H7N5O2. The van der Waals surface area contributed by atoms with Gasteiger partial charge in [0.25, 0.3) is 0 Å². The van der Waals surface area contributed by atoms with Crippen molar-refractivity contribution in [1.29, 1.82) is 0 Å². The van der Waals surface area contributed by atoms with E-state index >= 15 is 0 Å². The highest BCUT2D eigenvalue weighted by molar-refractivity contribution is 5.79. The van der Waals surface area contributed by atoms with Crippen LogP contribution < -0.4 is 11.6 Å². The van der Waals surface area contributed by atoms with E-state index in [0.717, 1.165) is 5.12 Å². The highest BCUT2D eigenvalue weighted by Crippen LogP contribution is 2.20. The summed E-state index contributed by atoms with van der Waals surface area (Å²) in [7, 11) is 0. The van der Waals surface area contributed by atoms with Gasteiger partial charge in [0.1, 0.15) is 12.1 Å². The van der Waals surface area contributed by atoms with Crippen LogP contribution in [0, 0.1) is 0 Å². The van der Waals surface area contributed by atoms with Gasteiger partial charge in [0.2, 0.25) is 6.35 Å². The quantitative estimate of drug-likeness (QED) is 0.345. The minimum Gasteiger partial charge on any atom is -0.428 e. The molecule has 0 aromatic carbocycles. The van der Waals surface area contributed by atoms with Crippen LogP contribution in [0.5, 0.6) is 0 Å². The Bertz CT molecular complexity index is 249. The van der Waals surface area contributed by atoms with Gasteiger partial charge in [-0.1, -0.05) is 0 Å². The first-order valence-electron chi connectivity index (χ1n) is 2.92. The molecule has 2 rings (SSSR count). The van der Waals surface area contributed by atoms with E-state index < -0.39 is 6.35 Å². The van der Waals surface area contributed by atoms with E-state index in [1.54, 1.807) is 0 Å². The molecule has 60 valence electrons. The number of aliphatic hydroxyl groups is 1. The maximum Gasteiger partial charge on any atom is 0.325 e. The maximum absolute atomic E-state index is 9.25. The van der Waals surface area contributed by atoms with E-state index in [4.69, 9.17) is 16.3 Å². The molecule has 2 aliphatic heterocycles. The minimum absolute atomic E-state index is 0.192. The number of fused-ring (bicyclic) bond motifs is 1. The van der Waals surface area contributed by atoms with Crippen molar-refractivity contribution in [3.63, 3.8) is 0 Å². The zero-order chi connectivity index (χ0) is 8.01. The molecule has 7 heteroatoms. The van der Waals surface area contributed by atoms with Crippen molar-refractivity contribution in [3.8, 4) is 0 Å². The van der Waals surface area contributed by atoms with Gasteiger partial charge in [0.05, 0.1) is 0 Å². The van der Waals surface area contributed by atoms with Gasteiger partial charge < -0.3 is 15.6 Å². The van der Waals surface area contributed by atoms with Gasteiger partial charge in [-0.25, -0.2) is 10.7 Å². The molecule has 0 saturated heterocycles. The van der Waals surface area contributed by atoms with Crippen LogP contribution in [-0.2, 0) is 4.74 Å². The Labute approximate surface area is 62.1 Å². The van der Waals surface area contributed by atoms with Gasteiger partial charge in [-0.2, -0.15) is 5.12 Å². The fraction of sp³-hybridized carbons (Fsp3) is 0.250. The third kappa shape index (κ3) is 0.657. The Morgan fingerprint density at radius 3 is 3.09 bits per heavy atom. The zero-order valence-corrected chi connectivity index (χ0v) is 5.51. The number of nitrogens with zero attached hydrogens (tertiary/aromatic N) is 3. The Morgan fingerprint density at radius 1 is 1.73 bits per heavy atom. The van der Waals surface area contributed by atoms with Gasteiger partial charge in [0, 0.05) is 0 Å². The highest BCUT2D eigenvalue weighted by Gasteiger charge is 2.37. The van der Waals surface area contributed by atoms with Gasteiger partial charge in [-0.15, -0.1) is 5.10 Å². The topological polar surface area (TPSA) is 100 Å². The molecule has 0 radical (unpaired) electrons. The molecule has 5 N–H and O–H groups in total. The maximum atomic E-state index is 9.25. The fourth-order valence-electron chi connectivity index (χ4n) is 0.910. The predicted octanol–water partition coefficient (Wildman–Crippen LogP) is -2.19. The zero-order valence-electron chi connectivity index (χ0n) is 5.51. The van der Waals surface area contributed by atoms with Crippen molar-refractivity contribution in [2.45, 2.75) is 6.35 Å². The Balaban J connectivity index is 2.30. The van der Waals surface area contributed by atoms with Crippen LogP contribution in [0.3, 0.4) is 0 Å². The minimum atomic E-state index is -1.07. The summed E-state index contributed by atoms with van der Waals surface area (Å²) in [4.78, 5) is 1.26. The molecule has 0 aliphatic carbocycles. The summed E-state index contributed by atoms with van der Waals surface area (Å²) in [5.74, 6) is 5.50. The first-order valence-corrected chi connectivity index (χ1v) is 2.92. The summed E-state index contributed by atoms with van der Waals surface area (Å²) in [5, 5.41) is 13.7. The third-order valence-electron chi connectivity index (χ3n) is 1.44. The molecule has 0 spiro atoms. The van der Waals surface area contributed by atoms with Crippen molar-refractivity contribution in [2.75, 3.05) is 0 Å². The van der Waals surface area contributed by atoms with E-state index in [9.17, 15) is 5.11 Å². The second kappa shape index (κ2) is 1.77. The van der Waals surface area contributed by atoms with E-state index in [2.05, 4.69) is 5.10 Å². The van der Waals surface area contributed by atoms with Crippen LogP contribution >= 0.6 is 0 Å². The SMILES string of the molecule is NC1=COC2=NN(N)C(O)N12. The van der Waals surface area contributed by atoms with Gasteiger partial charge >= 0.3 is 6.02 Å². The number of hydrogen-bond donors (Lipinski definition) is 3. The number of amidine groups is 1. The van der Waals surface area contributed by atoms with Crippen LogP contribution in [-0.4, -0.2) is 27.5 Å². The number of ether oxygens (including phenoxy) is 1. The monoisotopic (exact) mass is 157 g/mol. The molecule has 0 amide bonds. The van der Waals surface area contributed by atoms with Crippen LogP contribution in [0.1, 0.15) is 0 Å². The van der Waals surface area contributed by atoms with Gasteiger partial charge in [-0.3, -0.25) is 0 Å². The lowest BCUT2D eigenvalue weighted by molar-refractivity contribution is -0.0472.